The fraction of sp³-hybridized carbons (Fsp3) is 0.385. The number of nitrogens with one attached hydrogen (secondary N) is 1. The number of rotatable bonds is 5. The summed E-state index contributed by atoms with van der Waals surface area (Å²) in [5.74, 6) is -6.14. The molecule has 1 aromatic rings. The highest BCUT2D eigenvalue weighted by Crippen LogP contribution is 2.33. The van der Waals surface area contributed by atoms with Gasteiger partial charge in [0.1, 0.15) is 29.1 Å². The zero-order chi connectivity index (χ0) is 14.9. The molecule has 4 nitrogen and oxygen atoms in total. The lowest BCUT2D eigenvalue weighted by atomic mass is 10.1. The van der Waals surface area contributed by atoms with Crippen molar-refractivity contribution < 1.29 is 27.9 Å². The predicted octanol–water partition coefficient (Wildman–Crippen LogP) is 2.09. The van der Waals surface area contributed by atoms with E-state index < -0.39 is 40.9 Å². The first-order valence-corrected chi connectivity index (χ1v) is 6.06. The van der Waals surface area contributed by atoms with Gasteiger partial charge in [0.05, 0.1) is 0 Å². The Morgan fingerprint density at radius 3 is 2.25 bits per heavy atom. The van der Waals surface area contributed by atoms with Crippen LogP contribution in [0.4, 0.5) is 13.2 Å². The molecule has 1 amide bonds. The Balaban J connectivity index is 2.15. The van der Waals surface area contributed by atoms with Crippen LogP contribution >= 0.6 is 0 Å². The minimum atomic E-state index is -1.37. The molecule has 0 bridgehead atoms. The highest BCUT2D eigenvalue weighted by Gasteiger charge is 2.31. The maximum atomic E-state index is 13.4. The first-order valence-electron chi connectivity index (χ1n) is 6.06. The van der Waals surface area contributed by atoms with E-state index in [1.165, 1.54) is 0 Å². The van der Waals surface area contributed by atoms with E-state index in [2.05, 4.69) is 5.32 Å². The quantitative estimate of drug-likeness (QED) is 0.871. The number of carbonyl (C=O) groups excluding carboxylic acids is 1. The third kappa shape index (κ3) is 3.28. The normalized spacial score (nSPS) is 15.8. The zero-order valence-electron chi connectivity index (χ0n) is 10.3. The van der Waals surface area contributed by atoms with Gasteiger partial charge in [-0.3, -0.25) is 4.79 Å². The highest BCUT2D eigenvalue weighted by molar-refractivity contribution is 5.97. The first-order chi connectivity index (χ1) is 9.38. The van der Waals surface area contributed by atoms with Crippen molar-refractivity contribution in [1.29, 1.82) is 0 Å². The summed E-state index contributed by atoms with van der Waals surface area (Å²) in [6.45, 7) is 0. The minimum Gasteiger partial charge on any atom is -0.480 e. The first kappa shape index (κ1) is 14.4. The smallest absolute Gasteiger partial charge is 0.326 e. The van der Waals surface area contributed by atoms with Crippen LogP contribution in [0, 0.1) is 23.4 Å². The van der Waals surface area contributed by atoms with E-state index in [-0.39, 0.29) is 12.3 Å². The van der Waals surface area contributed by atoms with Crippen LogP contribution in [0.1, 0.15) is 29.6 Å². The highest BCUT2D eigenvalue weighted by atomic mass is 19.1. The Labute approximate surface area is 112 Å². The second-order valence-electron chi connectivity index (χ2n) is 4.79. The van der Waals surface area contributed by atoms with Crippen molar-refractivity contribution in [3.05, 3.63) is 35.1 Å². The molecule has 0 aromatic heterocycles. The van der Waals surface area contributed by atoms with Crippen molar-refractivity contribution >= 4 is 11.9 Å². The fourth-order valence-electron chi connectivity index (χ4n) is 1.90. The average molecular weight is 287 g/mol. The summed E-state index contributed by atoms with van der Waals surface area (Å²) in [7, 11) is 0. The maximum Gasteiger partial charge on any atom is 0.326 e. The molecule has 1 aliphatic rings. The molecule has 0 unspecified atom stereocenters. The van der Waals surface area contributed by atoms with Crippen molar-refractivity contribution in [2.45, 2.75) is 25.3 Å². The Kier molecular flexibility index (Phi) is 3.96. The van der Waals surface area contributed by atoms with Crippen molar-refractivity contribution in [2.75, 3.05) is 0 Å². The van der Waals surface area contributed by atoms with Crippen molar-refractivity contribution in [2.24, 2.45) is 5.92 Å². The van der Waals surface area contributed by atoms with Crippen LogP contribution in [0.15, 0.2) is 12.1 Å². The largest absolute Gasteiger partial charge is 0.480 e. The Morgan fingerprint density at radius 1 is 1.25 bits per heavy atom. The molecule has 108 valence electrons. The molecule has 0 spiro atoms. The third-order valence-electron chi connectivity index (χ3n) is 3.10. The van der Waals surface area contributed by atoms with Gasteiger partial charge in [0.2, 0.25) is 0 Å². The van der Waals surface area contributed by atoms with E-state index in [4.69, 9.17) is 5.11 Å². The molecule has 20 heavy (non-hydrogen) atoms. The summed E-state index contributed by atoms with van der Waals surface area (Å²) in [5.41, 5.74) is -0.978. The van der Waals surface area contributed by atoms with Crippen LogP contribution < -0.4 is 5.32 Å². The Morgan fingerprint density at radius 2 is 1.80 bits per heavy atom. The van der Waals surface area contributed by atoms with E-state index in [9.17, 15) is 22.8 Å². The summed E-state index contributed by atoms with van der Waals surface area (Å²) in [5, 5.41) is 11.0. The van der Waals surface area contributed by atoms with Crippen LogP contribution in [-0.4, -0.2) is 23.0 Å². The standard InChI is InChI=1S/C13H12F3NO3/c14-7-4-8(15)11(9(16)5-7)12(18)17-10(13(19)20)3-6-1-2-6/h4-6,10H,1-3H2,(H,17,18)(H,19,20)/t10-/m0/s1. The van der Waals surface area contributed by atoms with Crippen LogP contribution in [-0.2, 0) is 4.79 Å². The van der Waals surface area contributed by atoms with E-state index >= 15 is 0 Å². The fourth-order valence-corrected chi connectivity index (χ4v) is 1.90. The minimum absolute atomic E-state index is 0.208. The molecule has 0 aliphatic heterocycles. The summed E-state index contributed by atoms with van der Waals surface area (Å²) >= 11 is 0. The van der Waals surface area contributed by atoms with E-state index in [0.717, 1.165) is 12.8 Å². The van der Waals surface area contributed by atoms with E-state index in [0.29, 0.717) is 12.1 Å². The molecule has 1 fully saturated rings. The van der Waals surface area contributed by atoms with Gasteiger partial charge >= 0.3 is 5.97 Å². The van der Waals surface area contributed by atoms with Gasteiger partial charge in [0, 0.05) is 12.1 Å². The van der Waals surface area contributed by atoms with Gasteiger partial charge in [-0.1, -0.05) is 12.8 Å². The molecule has 1 saturated carbocycles. The number of carbonyl (C=O) groups is 2. The summed E-state index contributed by atoms with van der Waals surface area (Å²) in [6, 6.07) is -0.470. The molecule has 0 heterocycles. The van der Waals surface area contributed by atoms with E-state index in [1.54, 1.807) is 0 Å². The molecule has 2 rings (SSSR count). The van der Waals surface area contributed by atoms with Gasteiger partial charge in [-0.15, -0.1) is 0 Å². The van der Waals surface area contributed by atoms with Crippen LogP contribution in [0.3, 0.4) is 0 Å². The number of amides is 1. The van der Waals surface area contributed by atoms with Gasteiger partial charge in [-0.25, -0.2) is 18.0 Å². The average Bonchev–Trinajstić information content (AvgIpc) is 3.10. The molecule has 7 heteroatoms. The van der Waals surface area contributed by atoms with Gasteiger partial charge in [0.25, 0.3) is 5.91 Å². The number of aliphatic carboxylic acids is 1. The summed E-state index contributed by atoms with van der Waals surface area (Å²) in [4.78, 5) is 22.7. The lowest BCUT2D eigenvalue weighted by Crippen LogP contribution is -2.41. The molecule has 1 atom stereocenters. The second-order valence-corrected chi connectivity index (χ2v) is 4.79. The number of hydrogen-bond acceptors (Lipinski definition) is 2. The van der Waals surface area contributed by atoms with E-state index in [1.807, 2.05) is 0 Å². The van der Waals surface area contributed by atoms with Crippen LogP contribution in [0.5, 0.6) is 0 Å². The number of carboxylic acids is 1. The SMILES string of the molecule is O=C(N[C@@H](CC1CC1)C(=O)O)c1c(F)cc(F)cc1F. The molecule has 1 aromatic carbocycles. The number of halogens is 3. The van der Waals surface area contributed by atoms with Gasteiger partial charge in [0.15, 0.2) is 0 Å². The van der Waals surface area contributed by atoms with Crippen LogP contribution in [0.25, 0.3) is 0 Å². The number of hydrogen-bond donors (Lipinski definition) is 2. The van der Waals surface area contributed by atoms with Crippen molar-refractivity contribution in [1.82, 2.24) is 5.32 Å². The summed E-state index contributed by atoms with van der Waals surface area (Å²) < 4.78 is 39.5. The van der Waals surface area contributed by atoms with Crippen LogP contribution in [0.2, 0.25) is 0 Å². The maximum absolute atomic E-state index is 13.4. The predicted molar refractivity (Wildman–Crippen MR) is 62.5 cm³/mol. The lowest BCUT2D eigenvalue weighted by molar-refractivity contribution is -0.139. The second kappa shape index (κ2) is 5.52. The molecule has 0 radical (unpaired) electrons. The van der Waals surface area contributed by atoms with Gasteiger partial charge in [-0.05, 0) is 12.3 Å². The number of carboxylic acid groups (broad SMARTS) is 1. The monoisotopic (exact) mass is 287 g/mol. The van der Waals surface area contributed by atoms with Crippen molar-refractivity contribution in [3.8, 4) is 0 Å². The van der Waals surface area contributed by atoms with Gasteiger partial charge < -0.3 is 10.4 Å². The molecule has 0 saturated heterocycles. The topological polar surface area (TPSA) is 66.4 Å². The number of benzene rings is 1. The van der Waals surface area contributed by atoms with Gasteiger partial charge in [-0.2, -0.15) is 0 Å². The van der Waals surface area contributed by atoms with Crippen molar-refractivity contribution in [3.63, 3.8) is 0 Å². The molecular formula is C13H12F3NO3. The molecule has 1 aliphatic carbocycles. The lowest BCUT2D eigenvalue weighted by Gasteiger charge is -2.14. The zero-order valence-corrected chi connectivity index (χ0v) is 10.3. The Bertz CT molecular complexity index is 535. The summed E-state index contributed by atoms with van der Waals surface area (Å²) in [6.07, 6.45) is 1.96. The Hall–Kier alpha value is -2.05. The molecular weight excluding hydrogens is 275 g/mol. The third-order valence-corrected chi connectivity index (χ3v) is 3.10. The molecule has 2 N–H and O–H groups in total.